The van der Waals surface area contributed by atoms with Crippen LogP contribution in [0.1, 0.15) is 44.2 Å². The normalized spacial score (nSPS) is 12.6. The van der Waals surface area contributed by atoms with Gasteiger partial charge < -0.3 is 10.6 Å². The first-order valence-electron chi connectivity index (χ1n) is 9.29. The van der Waals surface area contributed by atoms with Gasteiger partial charge in [-0.15, -0.1) is 11.3 Å². The number of nitrogens with zero attached hydrogens (tertiary/aromatic N) is 1. The van der Waals surface area contributed by atoms with Crippen molar-refractivity contribution < 1.29 is 14.0 Å². The van der Waals surface area contributed by atoms with E-state index in [0.717, 1.165) is 10.4 Å². The summed E-state index contributed by atoms with van der Waals surface area (Å²) in [6, 6.07) is 9.62. The maximum absolute atomic E-state index is 13.3. The predicted molar refractivity (Wildman–Crippen MR) is 111 cm³/mol. The molecule has 0 fully saturated rings. The lowest BCUT2D eigenvalue weighted by molar-refractivity contribution is -0.126. The van der Waals surface area contributed by atoms with Gasteiger partial charge in [-0.25, -0.2) is 4.39 Å². The van der Waals surface area contributed by atoms with Crippen molar-refractivity contribution in [3.05, 3.63) is 58.0 Å². The van der Waals surface area contributed by atoms with Gasteiger partial charge in [0, 0.05) is 10.4 Å². The zero-order chi connectivity index (χ0) is 20.7. The molecule has 1 aromatic carbocycles. The van der Waals surface area contributed by atoms with Crippen molar-refractivity contribution in [2.75, 3.05) is 19.6 Å². The molecule has 0 saturated carbocycles. The SMILES string of the molecule is CCN(CC(=O)N[C@H](c1ccc(F)cc1)c1cccs1)CC(=O)NC(C)(C)C. The van der Waals surface area contributed by atoms with E-state index in [-0.39, 0.29) is 42.3 Å². The number of rotatable bonds is 8. The summed E-state index contributed by atoms with van der Waals surface area (Å²) in [5.41, 5.74) is 0.497. The molecule has 0 unspecified atom stereocenters. The lowest BCUT2D eigenvalue weighted by Gasteiger charge is -2.25. The zero-order valence-corrected chi connectivity index (χ0v) is 17.6. The fraction of sp³-hybridized carbons (Fsp3) is 0.429. The van der Waals surface area contributed by atoms with E-state index in [1.807, 2.05) is 45.2 Å². The van der Waals surface area contributed by atoms with Gasteiger partial charge >= 0.3 is 0 Å². The van der Waals surface area contributed by atoms with Crippen molar-refractivity contribution in [3.8, 4) is 0 Å². The van der Waals surface area contributed by atoms with Crippen LogP contribution in [0.25, 0.3) is 0 Å². The smallest absolute Gasteiger partial charge is 0.234 e. The van der Waals surface area contributed by atoms with Gasteiger partial charge in [0.1, 0.15) is 5.82 Å². The number of thiophene rings is 1. The highest BCUT2D eigenvalue weighted by Crippen LogP contribution is 2.26. The summed E-state index contributed by atoms with van der Waals surface area (Å²) in [7, 11) is 0. The van der Waals surface area contributed by atoms with Crippen molar-refractivity contribution in [1.82, 2.24) is 15.5 Å². The quantitative estimate of drug-likeness (QED) is 0.708. The number of hydrogen-bond donors (Lipinski definition) is 2. The van der Waals surface area contributed by atoms with Crippen LogP contribution in [0.15, 0.2) is 41.8 Å². The standard InChI is InChI=1S/C21H28FN3O2S/c1-5-25(14-19(27)24-21(2,3)4)13-18(26)23-20(17-7-6-12-28-17)15-8-10-16(22)11-9-15/h6-12,20H,5,13-14H2,1-4H3,(H,23,26)(H,24,27)/t20-/m1/s1. The molecule has 0 aliphatic rings. The highest BCUT2D eigenvalue weighted by molar-refractivity contribution is 7.10. The minimum atomic E-state index is -0.352. The van der Waals surface area contributed by atoms with E-state index in [9.17, 15) is 14.0 Å². The fourth-order valence-corrected chi connectivity index (χ4v) is 3.58. The van der Waals surface area contributed by atoms with E-state index >= 15 is 0 Å². The Balaban J connectivity index is 2.04. The summed E-state index contributed by atoms with van der Waals surface area (Å²) in [6.45, 7) is 8.50. The van der Waals surface area contributed by atoms with Crippen LogP contribution in [0.5, 0.6) is 0 Å². The first-order chi connectivity index (χ1) is 13.2. The molecule has 0 saturated heterocycles. The second-order valence-corrected chi connectivity index (χ2v) is 8.65. The van der Waals surface area contributed by atoms with Gasteiger partial charge in [-0.3, -0.25) is 14.5 Å². The summed E-state index contributed by atoms with van der Waals surface area (Å²) in [6.07, 6.45) is 0. The van der Waals surface area contributed by atoms with Crippen molar-refractivity contribution in [2.45, 2.75) is 39.3 Å². The Morgan fingerprint density at radius 1 is 1.11 bits per heavy atom. The first-order valence-corrected chi connectivity index (χ1v) is 10.2. The zero-order valence-electron chi connectivity index (χ0n) is 16.8. The van der Waals surface area contributed by atoms with Crippen LogP contribution in [0, 0.1) is 5.82 Å². The molecule has 0 aliphatic heterocycles. The fourth-order valence-electron chi connectivity index (χ4n) is 2.78. The Morgan fingerprint density at radius 2 is 1.75 bits per heavy atom. The molecule has 28 heavy (non-hydrogen) atoms. The molecule has 2 amide bonds. The third kappa shape index (κ3) is 7.05. The van der Waals surface area contributed by atoms with E-state index in [4.69, 9.17) is 0 Å². The summed E-state index contributed by atoms with van der Waals surface area (Å²) in [5.74, 6) is -0.620. The average molecular weight is 406 g/mol. The molecule has 2 rings (SSSR count). The largest absolute Gasteiger partial charge is 0.350 e. The Bertz CT molecular complexity index is 770. The van der Waals surface area contributed by atoms with E-state index < -0.39 is 0 Å². The molecule has 1 aromatic heterocycles. The molecule has 152 valence electrons. The first kappa shape index (κ1) is 22.0. The maximum Gasteiger partial charge on any atom is 0.234 e. The monoisotopic (exact) mass is 405 g/mol. The Hall–Kier alpha value is -2.25. The van der Waals surface area contributed by atoms with Gasteiger partial charge in [0.15, 0.2) is 0 Å². The molecule has 0 spiro atoms. The number of amides is 2. The highest BCUT2D eigenvalue weighted by Gasteiger charge is 2.21. The van der Waals surface area contributed by atoms with E-state index in [1.54, 1.807) is 17.0 Å². The predicted octanol–water partition coefficient (Wildman–Crippen LogP) is 3.33. The van der Waals surface area contributed by atoms with Crippen LogP contribution in [-0.2, 0) is 9.59 Å². The molecule has 2 aromatic rings. The van der Waals surface area contributed by atoms with Crippen molar-refractivity contribution in [1.29, 1.82) is 0 Å². The Kier molecular flexibility index (Phi) is 7.71. The van der Waals surface area contributed by atoms with Crippen LogP contribution in [0.2, 0.25) is 0 Å². The third-order valence-corrected chi connectivity index (χ3v) is 4.97. The number of halogens is 1. The summed E-state index contributed by atoms with van der Waals surface area (Å²) in [5, 5.41) is 7.86. The number of carbonyl (C=O) groups is 2. The van der Waals surface area contributed by atoms with Gasteiger partial charge in [0.05, 0.1) is 19.1 Å². The molecule has 0 radical (unpaired) electrons. The molecule has 1 heterocycles. The molecule has 1 atom stereocenters. The number of likely N-dealkylation sites (N-methyl/N-ethyl adjacent to an activating group) is 1. The van der Waals surface area contributed by atoms with Gasteiger partial charge in [0.25, 0.3) is 0 Å². The van der Waals surface area contributed by atoms with Crippen LogP contribution in [0.3, 0.4) is 0 Å². The second kappa shape index (κ2) is 9.80. The second-order valence-electron chi connectivity index (χ2n) is 7.67. The number of hydrogen-bond acceptors (Lipinski definition) is 4. The number of nitrogens with one attached hydrogen (secondary N) is 2. The molecular formula is C21H28FN3O2S. The van der Waals surface area contributed by atoms with E-state index in [0.29, 0.717) is 6.54 Å². The van der Waals surface area contributed by atoms with E-state index in [2.05, 4.69) is 10.6 Å². The molecular weight excluding hydrogens is 377 g/mol. The van der Waals surface area contributed by atoms with Gasteiger partial charge in [-0.2, -0.15) is 0 Å². The minimum absolute atomic E-state index is 0.108. The molecule has 0 bridgehead atoms. The van der Waals surface area contributed by atoms with Gasteiger partial charge in [-0.05, 0) is 56.5 Å². The Morgan fingerprint density at radius 3 is 2.29 bits per heavy atom. The van der Waals surface area contributed by atoms with Gasteiger partial charge in [-0.1, -0.05) is 25.1 Å². The van der Waals surface area contributed by atoms with Crippen LogP contribution >= 0.6 is 11.3 Å². The third-order valence-electron chi connectivity index (χ3n) is 4.03. The molecule has 0 aliphatic carbocycles. The molecule has 2 N–H and O–H groups in total. The van der Waals surface area contributed by atoms with Gasteiger partial charge in [0.2, 0.25) is 11.8 Å². The van der Waals surface area contributed by atoms with Crippen LogP contribution in [0.4, 0.5) is 4.39 Å². The van der Waals surface area contributed by atoms with Crippen LogP contribution in [-0.4, -0.2) is 41.9 Å². The van der Waals surface area contributed by atoms with Crippen molar-refractivity contribution >= 4 is 23.2 Å². The topological polar surface area (TPSA) is 61.4 Å². The number of carbonyl (C=O) groups excluding carboxylic acids is 2. The number of benzene rings is 1. The van der Waals surface area contributed by atoms with Crippen LogP contribution < -0.4 is 10.6 Å². The highest BCUT2D eigenvalue weighted by atomic mass is 32.1. The lowest BCUT2D eigenvalue weighted by Crippen LogP contribution is -2.48. The minimum Gasteiger partial charge on any atom is -0.350 e. The molecule has 7 heteroatoms. The lowest BCUT2D eigenvalue weighted by atomic mass is 10.1. The Labute approximate surface area is 169 Å². The average Bonchev–Trinajstić information content (AvgIpc) is 3.12. The summed E-state index contributed by atoms with van der Waals surface area (Å²) in [4.78, 5) is 27.6. The molecule has 5 nitrogen and oxygen atoms in total. The summed E-state index contributed by atoms with van der Waals surface area (Å²) < 4.78 is 13.3. The van der Waals surface area contributed by atoms with E-state index in [1.165, 1.54) is 23.5 Å². The van der Waals surface area contributed by atoms with Crippen molar-refractivity contribution in [3.63, 3.8) is 0 Å². The van der Waals surface area contributed by atoms with Crippen molar-refractivity contribution in [2.24, 2.45) is 0 Å². The maximum atomic E-state index is 13.3. The summed E-state index contributed by atoms with van der Waals surface area (Å²) >= 11 is 1.53.